The first-order valence-corrected chi connectivity index (χ1v) is 3.91. The van der Waals surface area contributed by atoms with Crippen LogP contribution in [0.2, 0.25) is 0 Å². The minimum atomic E-state index is -0.0159. The third-order valence-corrected chi connectivity index (χ3v) is 1.57. The van der Waals surface area contributed by atoms with Gasteiger partial charge in [-0.05, 0) is 17.7 Å². The van der Waals surface area contributed by atoms with Gasteiger partial charge in [-0.25, -0.2) is 0 Å². The van der Waals surface area contributed by atoms with E-state index in [9.17, 15) is 5.11 Å². The van der Waals surface area contributed by atoms with Gasteiger partial charge in [-0.15, -0.1) is 0 Å². The first kappa shape index (κ1) is 9.61. The fraction of sp³-hybridized carbons (Fsp3) is 0.200. The predicted molar refractivity (Wildman–Crippen MR) is 50.8 cm³/mol. The maximum Gasteiger partial charge on any atom is 0.123 e. The molecule has 13 heavy (non-hydrogen) atoms. The van der Waals surface area contributed by atoms with Crippen LogP contribution in [-0.4, -0.2) is 23.9 Å². The van der Waals surface area contributed by atoms with Crippen molar-refractivity contribution in [2.45, 2.75) is 0 Å². The molecule has 1 aromatic carbocycles. The molecule has 70 valence electrons. The number of phenolic OH excluding ortho intramolecular Hbond substituents is 1. The molecule has 0 fully saturated rings. The molecule has 0 aliphatic heterocycles. The van der Waals surface area contributed by atoms with E-state index in [0.717, 1.165) is 5.56 Å². The Morgan fingerprint density at radius 2 is 2.15 bits per heavy atom. The lowest BCUT2D eigenvalue weighted by atomic mass is 10.2. The summed E-state index contributed by atoms with van der Waals surface area (Å²) in [4.78, 5) is 0. The van der Waals surface area contributed by atoms with Crippen LogP contribution in [-0.2, 0) is 0 Å². The van der Waals surface area contributed by atoms with Gasteiger partial charge in [-0.3, -0.25) is 0 Å². The van der Waals surface area contributed by atoms with Crippen LogP contribution >= 0.6 is 0 Å². The highest BCUT2D eigenvalue weighted by Gasteiger charge is 1.96. The Balaban J connectivity index is 2.94. The molecule has 0 radical (unpaired) electrons. The third kappa shape index (κ3) is 2.80. The van der Waals surface area contributed by atoms with Gasteiger partial charge in [-0.1, -0.05) is 12.2 Å². The number of aromatic hydroxyl groups is 1. The molecule has 3 heteroatoms. The Labute approximate surface area is 76.9 Å². The molecule has 0 saturated carbocycles. The van der Waals surface area contributed by atoms with E-state index in [2.05, 4.69) is 0 Å². The lowest BCUT2D eigenvalue weighted by Crippen LogP contribution is -1.83. The van der Waals surface area contributed by atoms with E-state index in [-0.39, 0.29) is 12.4 Å². The fourth-order valence-corrected chi connectivity index (χ4v) is 1.01. The largest absolute Gasteiger partial charge is 0.508 e. The Kier molecular flexibility index (Phi) is 3.34. The Bertz CT molecular complexity index is 305. The first-order chi connectivity index (χ1) is 6.26. The highest BCUT2D eigenvalue weighted by Crippen LogP contribution is 2.21. The molecule has 0 aliphatic rings. The summed E-state index contributed by atoms with van der Waals surface area (Å²) in [5, 5.41) is 17.8. The number of rotatable bonds is 3. The number of aliphatic hydroxyl groups is 1. The molecule has 0 amide bonds. The molecule has 0 saturated heterocycles. The predicted octanol–water partition coefficient (Wildman–Crippen LogP) is 1.41. The SMILES string of the molecule is COc1cc(O)cc(C=CCO)c1. The van der Waals surface area contributed by atoms with E-state index < -0.39 is 0 Å². The lowest BCUT2D eigenvalue weighted by Gasteiger charge is -2.02. The molecule has 1 rings (SSSR count). The maximum absolute atomic E-state index is 9.25. The molecule has 3 nitrogen and oxygen atoms in total. The Morgan fingerprint density at radius 3 is 2.77 bits per heavy atom. The molecule has 0 aliphatic carbocycles. The van der Waals surface area contributed by atoms with E-state index in [1.54, 1.807) is 24.3 Å². The summed E-state index contributed by atoms with van der Waals surface area (Å²) in [7, 11) is 1.54. The summed E-state index contributed by atoms with van der Waals surface area (Å²) in [6.07, 6.45) is 3.30. The van der Waals surface area contributed by atoms with Crippen LogP contribution in [0.4, 0.5) is 0 Å². The summed E-state index contributed by atoms with van der Waals surface area (Å²) >= 11 is 0. The van der Waals surface area contributed by atoms with Gasteiger partial charge in [0.05, 0.1) is 13.7 Å². The molecule has 0 spiro atoms. The zero-order valence-corrected chi connectivity index (χ0v) is 7.40. The van der Waals surface area contributed by atoms with Crippen molar-refractivity contribution in [1.82, 2.24) is 0 Å². The van der Waals surface area contributed by atoms with Gasteiger partial charge < -0.3 is 14.9 Å². The second-order valence-electron chi connectivity index (χ2n) is 2.55. The van der Waals surface area contributed by atoms with Crippen LogP contribution in [0.5, 0.6) is 11.5 Å². The van der Waals surface area contributed by atoms with E-state index in [1.165, 1.54) is 13.2 Å². The average molecular weight is 180 g/mol. The number of phenols is 1. The van der Waals surface area contributed by atoms with E-state index in [1.807, 2.05) is 0 Å². The topological polar surface area (TPSA) is 49.7 Å². The van der Waals surface area contributed by atoms with Crippen molar-refractivity contribution in [3.63, 3.8) is 0 Å². The van der Waals surface area contributed by atoms with Gasteiger partial charge >= 0.3 is 0 Å². The van der Waals surface area contributed by atoms with Crippen LogP contribution in [0.1, 0.15) is 5.56 Å². The van der Waals surface area contributed by atoms with Gasteiger partial charge in [0.2, 0.25) is 0 Å². The van der Waals surface area contributed by atoms with Crippen molar-refractivity contribution in [1.29, 1.82) is 0 Å². The molecule has 0 atom stereocenters. The van der Waals surface area contributed by atoms with E-state index in [0.29, 0.717) is 5.75 Å². The van der Waals surface area contributed by atoms with Crippen LogP contribution in [0.15, 0.2) is 24.3 Å². The summed E-state index contributed by atoms with van der Waals surface area (Å²) in [5.41, 5.74) is 0.797. The maximum atomic E-state index is 9.25. The first-order valence-electron chi connectivity index (χ1n) is 3.91. The molecule has 0 unspecified atom stereocenters. The highest BCUT2D eigenvalue weighted by molar-refractivity contribution is 5.54. The highest BCUT2D eigenvalue weighted by atomic mass is 16.5. The van der Waals surface area contributed by atoms with Gasteiger partial charge in [0.1, 0.15) is 11.5 Å². The fourth-order valence-electron chi connectivity index (χ4n) is 1.01. The second-order valence-corrected chi connectivity index (χ2v) is 2.55. The van der Waals surface area contributed by atoms with Gasteiger partial charge in [-0.2, -0.15) is 0 Å². The summed E-state index contributed by atoms with van der Waals surface area (Å²) in [6.45, 7) is -0.0159. The molecule has 0 heterocycles. The number of methoxy groups -OCH3 is 1. The number of hydrogen-bond donors (Lipinski definition) is 2. The number of aliphatic hydroxyl groups excluding tert-OH is 1. The molecular weight excluding hydrogens is 168 g/mol. The van der Waals surface area contributed by atoms with E-state index in [4.69, 9.17) is 9.84 Å². The van der Waals surface area contributed by atoms with Crippen LogP contribution in [0.3, 0.4) is 0 Å². The zero-order chi connectivity index (χ0) is 9.68. The van der Waals surface area contributed by atoms with Crippen molar-refractivity contribution >= 4 is 6.08 Å². The van der Waals surface area contributed by atoms with E-state index >= 15 is 0 Å². The minimum absolute atomic E-state index is 0.0159. The normalized spacial score (nSPS) is 10.6. The van der Waals surface area contributed by atoms with Crippen LogP contribution < -0.4 is 4.74 Å². The molecule has 1 aromatic rings. The summed E-state index contributed by atoms with van der Waals surface area (Å²) < 4.78 is 4.96. The minimum Gasteiger partial charge on any atom is -0.508 e. The second kappa shape index (κ2) is 4.52. The van der Waals surface area contributed by atoms with Crippen molar-refractivity contribution in [3.05, 3.63) is 29.8 Å². The van der Waals surface area contributed by atoms with Gasteiger partial charge in [0, 0.05) is 6.07 Å². The standard InChI is InChI=1S/C10H12O3/c1-13-10-6-8(3-2-4-11)5-9(12)7-10/h2-3,5-7,11-12H,4H2,1H3. The van der Waals surface area contributed by atoms with Crippen LogP contribution in [0.25, 0.3) is 6.08 Å². The summed E-state index contributed by atoms with van der Waals surface area (Å²) in [5.74, 6) is 0.745. The quantitative estimate of drug-likeness (QED) is 0.739. The van der Waals surface area contributed by atoms with Crippen molar-refractivity contribution in [2.24, 2.45) is 0 Å². The molecule has 0 bridgehead atoms. The number of benzene rings is 1. The average Bonchev–Trinajstić information content (AvgIpc) is 2.14. The number of ether oxygens (including phenoxy) is 1. The summed E-state index contributed by atoms with van der Waals surface area (Å²) in [6, 6.07) is 4.89. The number of hydrogen-bond acceptors (Lipinski definition) is 3. The third-order valence-electron chi connectivity index (χ3n) is 1.57. The van der Waals surface area contributed by atoms with Crippen molar-refractivity contribution in [2.75, 3.05) is 13.7 Å². The Morgan fingerprint density at radius 1 is 1.38 bits per heavy atom. The molecular formula is C10H12O3. The molecule has 2 N–H and O–H groups in total. The van der Waals surface area contributed by atoms with Crippen molar-refractivity contribution in [3.8, 4) is 11.5 Å². The zero-order valence-electron chi connectivity index (χ0n) is 7.40. The smallest absolute Gasteiger partial charge is 0.123 e. The molecule has 0 aromatic heterocycles. The monoisotopic (exact) mass is 180 g/mol. The van der Waals surface area contributed by atoms with Gasteiger partial charge in [0.15, 0.2) is 0 Å². The Hall–Kier alpha value is -1.48. The van der Waals surface area contributed by atoms with Gasteiger partial charge in [0.25, 0.3) is 0 Å². The van der Waals surface area contributed by atoms with Crippen molar-refractivity contribution < 1.29 is 14.9 Å². The lowest BCUT2D eigenvalue weighted by molar-refractivity contribution is 0.343. The van der Waals surface area contributed by atoms with Crippen LogP contribution in [0, 0.1) is 0 Å².